The second-order valence-corrected chi connectivity index (χ2v) is 5.48. The Bertz CT molecular complexity index is 764. The van der Waals surface area contributed by atoms with Crippen molar-refractivity contribution in [3.8, 4) is 5.75 Å². The number of rotatable bonds is 6. The number of ether oxygens (including phenoxy) is 1. The molecule has 2 rings (SSSR count). The van der Waals surface area contributed by atoms with Gasteiger partial charge in [-0.25, -0.2) is 0 Å². The van der Waals surface area contributed by atoms with Gasteiger partial charge >= 0.3 is 6.18 Å². The van der Waals surface area contributed by atoms with Gasteiger partial charge in [-0.1, -0.05) is 24.3 Å². The molecule has 2 aromatic rings. The van der Waals surface area contributed by atoms with Crippen LogP contribution in [-0.2, 0) is 4.79 Å². The molecule has 5 nitrogen and oxygen atoms in total. The fraction of sp³-hybridized carbons (Fsp3) is 0.222. The molecule has 138 valence electrons. The molecule has 0 saturated carbocycles. The summed E-state index contributed by atoms with van der Waals surface area (Å²) in [5.41, 5.74) is 0.671. The first-order valence-electron chi connectivity index (χ1n) is 7.71. The second-order valence-electron chi connectivity index (χ2n) is 5.48. The Hall–Kier alpha value is -3.03. The van der Waals surface area contributed by atoms with E-state index in [1.807, 2.05) is 0 Å². The highest BCUT2D eigenvalue weighted by Crippen LogP contribution is 2.21. The van der Waals surface area contributed by atoms with Crippen LogP contribution < -0.4 is 15.4 Å². The van der Waals surface area contributed by atoms with Crippen LogP contribution in [0.15, 0.2) is 54.6 Å². The van der Waals surface area contributed by atoms with Crippen molar-refractivity contribution < 1.29 is 27.5 Å². The van der Waals surface area contributed by atoms with E-state index in [0.717, 1.165) is 0 Å². The van der Waals surface area contributed by atoms with Gasteiger partial charge in [-0.15, -0.1) is 0 Å². The summed E-state index contributed by atoms with van der Waals surface area (Å²) in [6.45, 7) is 0.0775. The lowest BCUT2D eigenvalue weighted by atomic mass is 10.2. The van der Waals surface area contributed by atoms with Crippen LogP contribution in [0.4, 0.5) is 18.9 Å². The first-order chi connectivity index (χ1) is 12.2. The van der Waals surface area contributed by atoms with E-state index in [-0.39, 0.29) is 11.4 Å². The van der Waals surface area contributed by atoms with E-state index in [0.29, 0.717) is 5.56 Å². The maximum absolute atomic E-state index is 12.2. The summed E-state index contributed by atoms with van der Waals surface area (Å²) in [7, 11) is 0. The third-order valence-corrected chi connectivity index (χ3v) is 3.28. The van der Waals surface area contributed by atoms with Crippen molar-refractivity contribution in [3.05, 3.63) is 60.2 Å². The summed E-state index contributed by atoms with van der Waals surface area (Å²) in [5.74, 6) is -0.945. The molecule has 0 spiro atoms. The molecule has 1 unspecified atom stereocenters. The lowest BCUT2D eigenvalue weighted by Gasteiger charge is -2.15. The average molecular weight is 366 g/mol. The topological polar surface area (TPSA) is 67.4 Å². The van der Waals surface area contributed by atoms with Crippen molar-refractivity contribution in [2.24, 2.45) is 0 Å². The molecule has 0 aliphatic carbocycles. The molecule has 2 N–H and O–H groups in total. The van der Waals surface area contributed by atoms with Gasteiger partial charge in [0.05, 0.1) is 0 Å². The van der Waals surface area contributed by atoms with Gasteiger partial charge < -0.3 is 15.4 Å². The van der Waals surface area contributed by atoms with Gasteiger partial charge in [-0.3, -0.25) is 9.59 Å². The fourth-order valence-electron chi connectivity index (χ4n) is 2.01. The maximum Gasteiger partial charge on any atom is 0.422 e. The molecule has 26 heavy (non-hydrogen) atoms. The molecule has 0 bridgehead atoms. The number of carbonyl (C=O) groups is 2. The monoisotopic (exact) mass is 366 g/mol. The zero-order valence-electron chi connectivity index (χ0n) is 13.8. The Labute approximate surface area is 148 Å². The lowest BCUT2D eigenvalue weighted by Crippen LogP contribution is -2.41. The smallest absolute Gasteiger partial charge is 0.422 e. The van der Waals surface area contributed by atoms with E-state index in [2.05, 4.69) is 15.4 Å². The molecular weight excluding hydrogens is 349 g/mol. The summed E-state index contributed by atoms with van der Waals surface area (Å²) in [6, 6.07) is 13.1. The van der Waals surface area contributed by atoms with Crippen LogP contribution in [0.3, 0.4) is 0 Å². The Morgan fingerprint density at radius 3 is 2.42 bits per heavy atom. The molecule has 2 aromatic carbocycles. The minimum absolute atomic E-state index is 0.0268. The molecular formula is C18H17F3N2O3. The molecule has 1 atom stereocenters. The molecule has 2 amide bonds. The Morgan fingerprint density at radius 1 is 1.08 bits per heavy atom. The summed E-state index contributed by atoms with van der Waals surface area (Å²) in [5, 5.41) is 5.07. The predicted octanol–water partition coefficient (Wildman–Crippen LogP) is 3.38. The van der Waals surface area contributed by atoms with Crippen LogP contribution in [0.1, 0.15) is 17.3 Å². The zero-order valence-corrected chi connectivity index (χ0v) is 13.8. The number of benzene rings is 2. The number of nitrogens with one attached hydrogen (secondary N) is 2. The minimum Gasteiger partial charge on any atom is -0.484 e. The molecule has 8 heteroatoms. The number of alkyl halides is 3. The van der Waals surface area contributed by atoms with Crippen LogP contribution in [0.25, 0.3) is 0 Å². The van der Waals surface area contributed by atoms with E-state index < -0.39 is 30.6 Å². The quantitative estimate of drug-likeness (QED) is 0.824. The molecule has 0 aliphatic heterocycles. The van der Waals surface area contributed by atoms with Crippen molar-refractivity contribution in [3.63, 3.8) is 0 Å². The molecule has 0 aromatic heterocycles. The van der Waals surface area contributed by atoms with Crippen molar-refractivity contribution in [1.82, 2.24) is 5.32 Å². The van der Waals surface area contributed by atoms with Crippen LogP contribution in [-0.4, -0.2) is 30.6 Å². The molecule has 0 fully saturated rings. The lowest BCUT2D eigenvalue weighted by molar-refractivity contribution is -0.153. The van der Waals surface area contributed by atoms with Gasteiger partial charge in [-0.2, -0.15) is 13.2 Å². The average Bonchev–Trinajstić information content (AvgIpc) is 2.60. The maximum atomic E-state index is 12.2. The number of hydrogen-bond acceptors (Lipinski definition) is 3. The third-order valence-electron chi connectivity index (χ3n) is 3.28. The van der Waals surface area contributed by atoms with Gasteiger partial charge in [0.15, 0.2) is 6.61 Å². The number of carbonyl (C=O) groups excluding carboxylic acids is 2. The number of hydrogen-bond donors (Lipinski definition) is 2. The van der Waals surface area contributed by atoms with E-state index >= 15 is 0 Å². The van der Waals surface area contributed by atoms with E-state index in [9.17, 15) is 22.8 Å². The van der Waals surface area contributed by atoms with Gasteiger partial charge in [0, 0.05) is 17.3 Å². The summed E-state index contributed by atoms with van der Waals surface area (Å²) < 4.78 is 41.2. The van der Waals surface area contributed by atoms with E-state index in [1.54, 1.807) is 30.3 Å². The van der Waals surface area contributed by atoms with Crippen molar-refractivity contribution in [1.29, 1.82) is 0 Å². The number of anilines is 1. The highest BCUT2D eigenvalue weighted by atomic mass is 19.4. The normalized spacial score (nSPS) is 12.2. The first kappa shape index (κ1) is 19.3. The van der Waals surface area contributed by atoms with E-state index in [4.69, 9.17) is 0 Å². The van der Waals surface area contributed by atoms with Crippen molar-refractivity contribution in [2.45, 2.75) is 19.1 Å². The largest absolute Gasteiger partial charge is 0.484 e. The Balaban J connectivity index is 1.93. The van der Waals surface area contributed by atoms with Gasteiger partial charge in [0.1, 0.15) is 11.8 Å². The van der Waals surface area contributed by atoms with Crippen LogP contribution in [0, 0.1) is 0 Å². The van der Waals surface area contributed by atoms with E-state index in [1.165, 1.54) is 31.2 Å². The summed E-state index contributed by atoms with van der Waals surface area (Å²) >= 11 is 0. The van der Waals surface area contributed by atoms with Crippen molar-refractivity contribution >= 4 is 17.5 Å². The molecule has 0 saturated heterocycles. The highest BCUT2D eigenvalue weighted by molar-refractivity contribution is 6.00. The van der Waals surface area contributed by atoms with Crippen LogP contribution in [0.2, 0.25) is 0 Å². The van der Waals surface area contributed by atoms with Crippen LogP contribution >= 0.6 is 0 Å². The number of halogens is 3. The fourth-order valence-corrected chi connectivity index (χ4v) is 2.01. The number of amides is 2. The SMILES string of the molecule is CC(NC(=O)c1ccccc1)C(=O)Nc1cccc(OCC(F)(F)F)c1. The third kappa shape index (κ3) is 6.12. The van der Waals surface area contributed by atoms with Gasteiger partial charge in [-0.05, 0) is 31.2 Å². The summed E-state index contributed by atoms with van der Waals surface area (Å²) in [4.78, 5) is 24.2. The highest BCUT2D eigenvalue weighted by Gasteiger charge is 2.28. The zero-order chi connectivity index (χ0) is 19.2. The van der Waals surface area contributed by atoms with Gasteiger partial charge in [0.25, 0.3) is 5.91 Å². The molecule has 0 aliphatic rings. The minimum atomic E-state index is -4.45. The summed E-state index contributed by atoms with van der Waals surface area (Å²) in [6.07, 6.45) is -4.45. The van der Waals surface area contributed by atoms with Crippen molar-refractivity contribution in [2.75, 3.05) is 11.9 Å². The molecule has 0 heterocycles. The Kier molecular flexibility index (Phi) is 6.21. The first-order valence-corrected chi connectivity index (χ1v) is 7.71. The van der Waals surface area contributed by atoms with Gasteiger partial charge in [0.2, 0.25) is 5.91 Å². The Morgan fingerprint density at radius 2 is 1.77 bits per heavy atom. The predicted molar refractivity (Wildman–Crippen MR) is 90.0 cm³/mol. The standard InChI is InChI=1S/C18H17F3N2O3/c1-12(22-17(25)13-6-3-2-4-7-13)16(24)23-14-8-5-9-15(10-14)26-11-18(19,20)21/h2-10,12H,11H2,1H3,(H,22,25)(H,23,24). The second kappa shape index (κ2) is 8.37. The van der Waals surface area contributed by atoms with Crippen LogP contribution in [0.5, 0.6) is 5.75 Å². The molecule has 0 radical (unpaired) electrons.